The number of unbranched alkanes of at least 4 members (excludes halogenated alkanes) is 9. The van der Waals surface area contributed by atoms with Crippen LogP contribution >= 0.6 is 0 Å². The first kappa shape index (κ1) is 33.4. The zero-order valence-electron chi connectivity index (χ0n) is 22.9. The van der Waals surface area contributed by atoms with Crippen LogP contribution in [-0.4, -0.2) is 53.7 Å². The molecule has 0 aliphatic rings. The van der Waals surface area contributed by atoms with Gasteiger partial charge >= 0.3 is 12.1 Å². The van der Waals surface area contributed by atoms with E-state index in [9.17, 15) is 24.3 Å². The highest BCUT2D eigenvalue weighted by molar-refractivity contribution is 5.92. The van der Waals surface area contributed by atoms with E-state index in [0.29, 0.717) is 37.9 Å². The first-order valence-electron chi connectivity index (χ1n) is 13.3. The molecule has 208 valence electrons. The van der Waals surface area contributed by atoms with Crippen LogP contribution in [0.3, 0.4) is 0 Å². The van der Waals surface area contributed by atoms with Gasteiger partial charge in [0.1, 0.15) is 11.6 Å². The van der Waals surface area contributed by atoms with E-state index in [1.807, 2.05) is 0 Å². The highest BCUT2D eigenvalue weighted by Crippen LogP contribution is 2.11. The van der Waals surface area contributed by atoms with E-state index < -0.39 is 23.7 Å². The van der Waals surface area contributed by atoms with Crippen molar-refractivity contribution in [2.75, 3.05) is 13.1 Å². The third kappa shape index (κ3) is 20.8. The van der Waals surface area contributed by atoms with Gasteiger partial charge in [0.15, 0.2) is 0 Å². The lowest BCUT2D eigenvalue weighted by molar-refractivity contribution is -0.139. The molecule has 0 aromatic carbocycles. The maximum Gasteiger partial charge on any atom is 0.408 e. The molecule has 0 heterocycles. The number of alkyl carbamates (subject to hydrolysis) is 1. The summed E-state index contributed by atoms with van der Waals surface area (Å²) in [6.45, 7) is 11.7. The van der Waals surface area contributed by atoms with E-state index in [-0.39, 0.29) is 18.2 Å². The van der Waals surface area contributed by atoms with Crippen LogP contribution in [0.15, 0.2) is 12.2 Å². The monoisotopic (exact) mass is 511 g/mol. The minimum atomic E-state index is -1.10. The van der Waals surface area contributed by atoms with Gasteiger partial charge < -0.3 is 25.8 Å². The molecule has 9 nitrogen and oxygen atoms in total. The number of ether oxygens (including phenoxy) is 1. The van der Waals surface area contributed by atoms with Crippen molar-refractivity contribution >= 4 is 23.9 Å². The highest BCUT2D eigenvalue weighted by Gasteiger charge is 2.23. The molecule has 0 spiro atoms. The number of rotatable bonds is 20. The van der Waals surface area contributed by atoms with Crippen molar-refractivity contribution in [1.29, 1.82) is 0 Å². The average molecular weight is 512 g/mol. The fourth-order valence-corrected chi connectivity index (χ4v) is 3.50. The smallest absolute Gasteiger partial charge is 0.408 e. The molecule has 4 N–H and O–H groups in total. The summed E-state index contributed by atoms with van der Waals surface area (Å²) in [7, 11) is 0. The molecule has 0 rings (SSSR count). The summed E-state index contributed by atoms with van der Waals surface area (Å²) >= 11 is 0. The van der Waals surface area contributed by atoms with Crippen molar-refractivity contribution in [3.05, 3.63) is 12.2 Å². The number of nitrogens with one attached hydrogen (secondary N) is 3. The second-order valence-corrected chi connectivity index (χ2v) is 10.4. The maximum atomic E-state index is 12.0. The van der Waals surface area contributed by atoms with E-state index in [1.165, 1.54) is 25.7 Å². The zero-order chi connectivity index (χ0) is 27.4. The lowest BCUT2D eigenvalue weighted by Crippen LogP contribution is -2.43. The Morgan fingerprint density at radius 3 is 1.83 bits per heavy atom. The van der Waals surface area contributed by atoms with Crippen molar-refractivity contribution in [1.82, 2.24) is 16.0 Å². The van der Waals surface area contributed by atoms with Gasteiger partial charge in [-0.1, -0.05) is 51.5 Å². The van der Waals surface area contributed by atoms with Gasteiger partial charge in [0, 0.05) is 25.1 Å². The van der Waals surface area contributed by atoms with Gasteiger partial charge in [0.05, 0.1) is 0 Å². The fourth-order valence-electron chi connectivity index (χ4n) is 3.50. The molecule has 0 aromatic rings. The van der Waals surface area contributed by atoms with Gasteiger partial charge in [-0.3, -0.25) is 9.59 Å². The predicted octanol–water partition coefficient (Wildman–Crippen LogP) is 4.84. The molecule has 0 aromatic heterocycles. The quantitative estimate of drug-likeness (QED) is 0.136. The van der Waals surface area contributed by atoms with E-state index in [2.05, 4.69) is 22.5 Å². The Morgan fingerprint density at radius 1 is 0.806 bits per heavy atom. The Morgan fingerprint density at radius 2 is 1.31 bits per heavy atom. The Kier molecular flexibility index (Phi) is 18.2. The first-order valence-corrected chi connectivity index (χ1v) is 13.3. The number of aliphatic carboxylic acids is 1. The second kappa shape index (κ2) is 19.6. The molecule has 0 saturated carbocycles. The van der Waals surface area contributed by atoms with E-state index in [4.69, 9.17) is 4.74 Å². The minimum Gasteiger partial charge on any atom is -0.480 e. The van der Waals surface area contributed by atoms with Crippen LogP contribution in [0.1, 0.15) is 111 Å². The third-order valence-electron chi connectivity index (χ3n) is 5.48. The summed E-state index contributed by atoms with van der Waals surface area (Å²) in [5.74, 6) is -1.15. The van der Waals surface area contributed by atoms with Crippen LogP contribution in [0.4, 0.5) is 4.79 Å². The fraction of sp³-hybridized carbons (Fsp3) is 0.778. The largest absolute Gasteiger partial charge is 0.480 e. The van der Waals surface area contributed by atoms with Crippen LogP contribution in [-0.2, 0) is 19.1 Å². The lowest BCUT2D eigenvalue weighted by Gasteiger charge is -2.22. The Bertz CT molecular complexity index is 687. The van der Waals surface area contributed by atoms with Crippen LogP contribution in [0.5, 0.6) is 0 Å². The molecule has 0 saturated heterocycles. The third-order valence-corrected chi connectivity index (χ3v) is 5.48. The van der Waals surface area contributed by atoms with Gasteiger partial charge in [-0.25, -0.2) is 9.59 Å². The maximum absolute atomic E-state index is 12.0. The van der Waals surface area contributed by atoms with Gasteiger partial charge in [0.2, 0.25) is 11.8 Å². The molecule has 1 atom stereocenters. The summed E-state index contributed by atoms with van der Waals surface area (Å²) in [5, 5.41) is 17.4. The molecule has 1 unspecified atom stereocenters. The van der Waals surface area contributed by atoms with Gasteiger partial charge in [-0.05, 0) is 59.8 Å². The Balaban J connectivity index is 3.63. The Labute approximate surface area is 217 Å². The van der Waals surface area contributed by atoms with Crippen LogP contribution in [0, 0.1) is 0 Å². The summed E-state index contributed by atoms with van der Waals surface area (Å²) in [6, 6.07) is -1.01. The van der Waals surface area contributed by atoms with Gasteiger partial charge in [0.25, 0.3) is 0 Å². The topological polar surface area (TPSA) is 134 Å². The van der Waals surface area contributed by atoms with Crippen molar-refractivity contribution in [2.45, 2.75) is 123 Å². The number of hydrogen-bond donors (Lipinski definition) is 4. The lowest BCUT2D eigenvalue weighted by atomic mass is 10.1. The standard InChI is InChI=1S/C27H49N3O6/c1-21(2)24(32)29-20-15-12-10-8-6-7-9-11-13-18-23(31)28-19-16-14-17-22(25(33)34)30-26(35)36-27(3,4)5/h22H,1,6-20H2,2-5H3,(H,28,31)(H,29,32)(H,30,35)(H,33,34). The first-order chi connectivity index (χ1) is 16.9. The summed E-state index contributed by atoms with van der Waals surface area (Å²) in [4.78, 5) is 46.4. The summed E-state index contributed by atoms with van der Waals surface area (Å²) in [5.41, 5.74) is -0.144. The molecular formula is C27H49N3O6. The summed E-state index contributed by atoms with van der Waals surface area (Å²) < 4.78 is 5.10. The summed E-state index contributed by atoms with van der Waals surface area (Å²) in [6.07, 6.45) is 11.2. The predicted molar refractivity (Wildman–Crippen MR) is 142 cm³/mol. The van der Waals surface area contributed by atoms with E-state index in [1.54, 1.807) is 27.7 Å². The van der Waals surface area contributed by atoms with Crippen LogP contribution < -0.4 is 16.0 Å². The van der Waals surface area contributed by atoms with Crippen molar-refractivity contribution < 1.29 is 29.0 Å². The molecule has 0 aliphatic carbocycles. The van der Waals surface area contributed by atoms with E-state index >= 15 is 0 Å². The molecular weight excluding hydrogens is 462 g/mol. The van der Waals surface area contributed by atoms with Crippen molar-refractivity contribution in [3.8, 4) is 0 Å². The minimum absolute atomic E-state index is 0.0235. The molecule has 0 fully saturated rings. The normalized spacial score (nSPS) is 11.9. The van der Waals surface area contributed by atoms with Gasteiger partial charge in [-0.2, -0.15) is 0 Å². The number of carboxylic acids is 1. The number of amides is 3. The average Bonchev–Trinajstić information content (AvgIpc) is 2.77. The molecule has 0 bridgehead atoms. The van der Waals surface area contributed by atoms with Crippen molar-refractivity contribution in [2.24, 2.45) is 0 Å². The number of hydrogen-bond acceptors (Lipinski definition) is 5. The van der Waals surface area contributed by atoms with Crippen LogP contribution in [0.25, 0.3) is 0 Å². The second-order valence-electron chi connectivity index (χ2n) is 10.4. The van der Waals surface area contributed by atoms with Crippen molar-refractivity contribution in [3.63, 3.8) is 0 Å². The Hall–Kier alpha value is -2.58. The zero-order valence-corrected chi connectivity index (χ0v) is 22.9. The molecule has 0 radical (unpaired) electrons. The number of carboxylic acid groups (broad SMARTS) is 1. The van der Waals surface area contributed by atoms with Crippen LogP contribution in [0.2, 0.25) is 0 Å². The molecule has 0 aliphatic heterocycles. The van der Waals surface area contributed by atoms with E-state index in [0.717, 1.165) is 32.1 Å². The molecule has 3 amide bonds. The van der Waals surface area contributed by atoms with Gasteiger partial charge in [-0.15, -0.1) is 0 Å². The number of carbonyl (C=O) groups excluding carboxylic acids is 3. The molecule has 36 heavy (non-hydrogen) atoms. The number of carbonyl (C=O) groups is 4. The highest BCUT2D eigenvalue weighted by atomic mass is 16.6. The SMILES string of the molecule is C=C(C)C(=O)NCCCCCCCCCCCC(=O)NCCCCC(NC(=O)OC(C)(C)C)C(=O)O. The molecule has 9 heteroatoms.